The molecule has 0 aromatic heterocycles. The predicted molar refractivity (Wildman–Crippen MR) is 110 cm³/mol. The number of nitrogens with one attached hydrogen (secondary N) is 2. The minimum atomic E-state index is 0.115. The van der Waals surface area contributed by atoms with Crippen molar-refractivity contribution in [1.82, 2.24) is 25.3 Å². The minimum Gasteiger partial charge on any atom is -0.357 e. The SMILES string of the molecule is CCCN(CC)CCN=C(NCC)N1CCN(CC(=O)NC(C)C)CC1. The van der Waals surface area contributed by atoms with Gasteiger partial charge in [0.05, 0.1) is 13.1 Å². The van der Waals surface area contributed by atoms with Gasteiger partial charge in [-0.3, -0.25) is 14.7 Å². The average Bonchev–Trinajstić information content (AvgIpc) is 2.60. The van der Waals surface area contributed by atoms with E-state index in [1.807, 2.05) is 13.8 Å². The third kappa shape index (κ3) is 8.85. The Kier molecular flexibility index (Phi) is 11.3. The van der Waals surface area contributed by atoms with Crippen LogP contribution in [-0.4, -0.2) is 98.1 Å². The third-order valence-electron chi connectivity index (χ3n) is 4.49. The van der Waals surface area contributed by atoms with Gasteiger partial charge in [-0.2, -0.15) is 0 Å². The first kappa shape index (κ1) is 22.7. The van der Waals surface area contributed by atoms with E-state index in [0.29, 0.717) is 6.54 Å². The van der Waals surface area contributed by atoms with Gasteiger partial charge in [-0.25, -0.2) is 0 Å². The van der Waals surface area contributed by atoms with Crippen molar-refractivity contribution in [2.75, 3.05) is 65.4 Å². The summed E-state index contributed by atoms with van der Waals surface area (Å²) in [6.45, 7) is 19.6. The molecule has 0 saturated carbocycles. The Balaban J connectivity index is 2.46. The van der Waals surface area contributed by atoms with E-state index in [9.17, 15) is 4.79 Å². The molecule has 1 saturated heterocycles. The number of nitrogens with zero attached hydrogens (tertiary/aromatic N) is 4. The molecule has 0 atom stereocenters. The zero-order valence-corrected chi connectivity index (χ0v) is 17.6. The zero-order chi connectivity index (χ0) is 19.4. The molecule has 2 N–H and O–H groups in total. The molecule has 0 spiro atoms. The van der Waals surface area contributed by atoms with E-state index in [4.69, 9.17) is 4.99 Å². The maximum atomic E-state index is 11.9. The monoisotopic (exact) mass is 368 g/mol. The van der Waals surface area contributed by atoms with Crippen molar-refractivity contribution in [2.45, 2.75) is 47.1 Å². The smallest absolute Gasteiger partial charge is 0.234 e. The number of guanidine groups is 1. The summed E-state index contributed by atoms with van der Waals surface area (Å²) in [5.74, 6) is 1.12. The van der Waals surface area contributed by atoms with Crippen LogP contribution >= 0.6 is 0 Å². The summed E-state index contributed by atoms with van der Waals surface area (Å²) in [6.07, 6.45) is 1.18. The second-order valence-electron chi connectivity index (χ2n) is 7.16. The van der Waals surface area contributed by atoms with Crippen molar-refractivity contribution >= 4 is 11.9 Å². The first-order valence-corrected chi connectivity index (χ1v) is 10.3. The third-order valence-corrected chi connectivity index (χ3v) is 4.49. The van der Waals surface area contributed by atoms with Crippen LogP contribution in [0, 0.1) is 0 Å². The Morgan fingerprint density at radius 2 is 1.81 bits per heavy atom. The second kappa shape index (κ2) is 12.9. The van der Waals surface area contributed by atoms with Crippen LogP contribution in [-0.2, 0) is 4.79 Å². The highest BCUT2D eigenvalue weighted by Gasteiger charge is 2.21. The Morgan fingerprint density at radius 1 is 1.12 bits per heavy atom. The number of amides is 1. The van der Waals surface area contributed by atoms with Crippen molar-refractivity contribution in [3.8, 4) is 0 Å². The number of carbonyl (C=O) groups is 1. The largest absolute Gasteiger partial charge is 0.357 e. The lowest BCUT2D eigenvalue weighted by Gasteiger charge is -2.36. The molecule has 7 nitrogen and oxygen atoms in total. The number of hydrogen-bond acceptors (Lipinski definition) is 4. The Labute approximate surface area is 160 Å². The van der Waals surface area contributed by atoms with E-state index in [0.717, 1.165) is 64.9 Å². The summed E-state index contributed by atoms with van der Waals surface area (Å²) in [4.78, 5) is 23.7. The summed E-state index contributed by atoms with van der Waals surface area (Å²) in [6, 6.07) is 0.201. The summed E-state index contributed by atoms with van der Waals surface area (Å²) in [7, 11) is 0. The van der Waals surface area contributed by atoms with E-state index in [1.54, 1.807) is 0 Å². The number of aliphatic imine (C=N–C) groups is 1. The molecule has 152 valence electrons. The molecule has 0 aromatic rings. The van der Waals surface area contributed by atoms with E-state index in [2.05, 4.69) is 46.1 Å². The molecular weight excluding hydrogens is 328 g/mol. The first-order chi connectivity index (χ1) is 12.5. The maximum absolute atomic E-state index is 11.9. The van der Waals surface area contributed by atoms with Gasteiger partial charge < -0.3 is 20.4 Å². The van der Waals surface area contributed by atoms with Crippen LogP contribution in [0.2, 0.25) is 0 Å². The van der Waals surface area contributed by atoms with Gasteiger partial charge >= 0.3 is 0 Å². The molecule has 1 aliphatic heterocycles. The number of hydrogen-bond donors (Lipinski definition) is 2. The molecule has 1 fully saturated rings. The number of carbonyl (C=O) groups excluding carboxylic acids is 1. The fourth-order valence-corrected chi connectivity index (χ4v) is 3.16. The molecule has 0 unspecified atom stereocenters. The van der Waals surface area contributed by atoms with Gasteiger partial charge in [-0.05, 0) is 40.3 Å². The van der Waals surface area contributed by atoms with Crippen molar-refractivity contribution in [3.63, 3.8) is 0 Å². The highest BCUT2D eigenvalue weighted by atomic mass is 16.2. The molecule has 0 aromatic carbocycles. The minimum absolute atomic E-state index is 0.115. The van der Waals surface area contributed by atoms with Crippen LogP contribution in [0.3, 0.4) is 0 Å². The van der Waals surface area contributed by atoms with Gasteiger partial charge in [-0.1, -0.05) is 13.8 Å². The average molecular weight is 369 g/mol. The molecule has 1 heterocycles. The molecule has 0 bridgehead atoms. The standard InChI is InChI=1S/C19H40N6O/c1-6-10-23(8-3)11-9-21-19(20-7-2)25-14-12-24(13-15-25)16-18(26)22-17(4)5/h17H,6-16H2,1-5H3,(H,20,21)(H,22,26). The highest BCUT2D eigenvalue weighted by molar-refractivity contribution is 5.80. The van der Waals surface area contributed by atoms with Crippen LogP contribution < -0.4 is 10.6 Å². The lowest BCUT2D eigenvalue weighted by Crippen LogP contribution is -2.54. The Hall–Kier alpha value is -1.34. The van der Waals surface area contributed by atoms with Gasteiger partial charge in [0.1, 0.15) is 0 Å². The molecule has 1 aliphatic rings. The van der Waals surface area contributed by atoms with Crippen LogP contribution in [0.4, 0.5) is 0 Å². The van der Waals surface area contributed by atoms with E-state index < -0.39 is 0 Å². The number of piperazine rings is 1. The van der Waals surface area contributed by atoms with E-state index >= 15 is 0 Å². The summed E-state index contributed by atoms with van der Waals surface area (Å²) in [5.41, 5.74) is 0. The topological polar surface area (TPSA) is 63.2 Å². The molecular formula is C19H40N6O. The highest BCUT2D eigenvalue weighted by Crippen LogP contribution is 2.03. The predicted octanol–water partition coefficient (Wildman–Crippen LogP) is 0.826. The molecule has 7 heteroatoms. The van der Waals surface area contributed by atoms with Gasteiger partial charge in [0.25, 0.3) is 0 Å². The lowest BCUT2D eigenvalue weighted by molar-refractivity contribution is -0.123. The molecule has 0 aliphatic carbocycles. The van der Waals surface area contributed by atoms with Crippen LogP contribution in [0.1, 0.15) is 41.0 Å². The maximum Gasteiger partial charge on any atom is 0.234 e. The molecule has 0 radical (unpaired) electrons. The number of rotatable bonds is 10. The van der Waals surface area contributed by atoms with Crippen LogP contribution in [0.15, 0.2) is 4.99 Å². The summed E-state index contributed by atoms with van der Waals surface area (Å²) in [5, 5.41) is 6.38. The van der Waals surface area contributed by atoms with Gasteiger partial charge in [0.15, 0.2) is 5.96 Å². The van der Waals surface area contributed by atoms with Crippen LogP contribution in [0.5, 0.6) is 0 Å². The second-order valence-corrected chi connectivity index (χ2v) is 7.16. The molecule has 1 amide bonds. The zero-order valence-electron chi connectivity index (χ0n) is 17.6. The van der Waals surface area contributed by atoms with Crippen molar-refractivity contribution in [3.05, 3.63) is 0 Å². The van der Waals surface area contributed by atoms with Crippen molar-refractivity contribution < 1.29 is 4.79 Å². The quantitative estimate of drug-likeness (QED) is 0.442. The fraction of sp³-hybridized carbons (Fsp3) is 0.895. The Bertz CT molecular complexity index is 418. The van der Waals surface area contributed by atoms with Gasteiger partial charge in [0, 0.05) is 45.3 Å². The van der Waals surface area contributed by atoms with Crippen LogP contribution in [0.25, 0.3) is 0 Å². The van der Waals surface area contributed by atoms with Crippen molar-refractivity contribution in [2.24, 2.45) is 4.99 Å². The first-order valence-electron chi connectivity index (χ1n) is 10.3. The van der Waals surface area contributed by atoms with Gasteiger partial charge in [-0.15, -0.1) is 0 Å². The van der Waals surface area contributed by atoms with E-state index in [-0.39, 0.29) is 11.9 Å². The summed E-state index contributed by atoms with van der Waals surface area (Å²) < 4.78 is 0. The molecule has 26 heavy (non-hydrogen) atoms. The molecule has 1 rings (SSSR count). The summed E-state index contributed by atoms with van der Waals surface area (Å²) >= 11 is 0. The van der Waals surface area contributed by atoms with Gasteiger partial charge in [0.2, 0.25) is 5.91 Å². The number of likely N-dealkylation sites (N-methyl/N-ethyl adjacent to an activating group) is 1. The van der Waals surface area contributed by atoms with Crippen molar-refractivity contribution in [1.29, 1.82) is 0 Å². The Morgan fingerprint density at radius 3 is 2.35 bits per heavy atom. The fourth-order valence-electron chi connectivity index (χ4n) is 3.16. The van der Waals surface area contributed by atoms with E-state index in [1.165, 1.54) is 6.42 Å². The normalized spacial score (nSPS) is 16.4. The lowest BCUT2D eigenvalue weighted by atomic mass is 10.3.